The largest absolute Gasteiger partial charge is 0.480 e. The van der Waals surface area contributed by atoms with E-state index in [1.54, 1.807) is 6.20 Å². The average molecular weight is 251 g/mol. The number of carboxylic acids is 1. The Morgan fingerprint density at radius 2 is 2.22 bits per heavy atom. The van der Waals surface area contributed by atoms with E-state index >= 15 is 0 Å². The van der Waals surface area contributed by atoms with Crippen LogP contribution in [-0.4, -0.2) is 46.6 Å². The molecule has 0 aliphatic rings. The first-order chi connectivity index (χ1) is 8.52. The summed E-state index contributed by atoms with van der Waals surface area (Å²) in [5.74, 6) is -1.03. The van der Waals surface area contributed by atoms with E-state index in [-0.39, 0.29) is 0 Å². The van der Waals surface area contributed by atoms with Gasteiger partial charge in [-0.2, -0.15) is 0 Å². The van der Waals surface area contributed by atoms with E-state index in [0.29, 0.717) is 13.0 Å². The Balaban J connectivity index is 2.35. The molecule has 1 atom stereocenters. The number of aliphatic carboxylic acids is 1. The molecule has 2 N–H and O–H groups in total. The number of hydrogen-bond donors (Lipinski definition) is 2. The van der Waals surface area contributed by atoms with Crippen LogP contribution in [0.2, 0.25) is 0 Å². The molecule has 1 rings (SSSR count). The SMILES string of the molecule is CC(C(=O)O)N(C)C(=O)NCCc1ccccn1. The van der Waals surface area contributed by atoms with Crippen molar-refractivity contribution in [3.8, 4) is 0 Å². The van der Waals surface area contributed by atoms with Gasteiger partial charge in [-0.1, -0.05) is 6.07 Å². The Morgan fingerprint density at radius 3 is 2.78 bits per heavy atom. The zero-order valence-electron chi connectivity index (χ0n) is 10.5. The lowest BCUT2D eigenvalue weighted by atomic mass is 10.3. The minimum Gasteiger partial charge on any atom is -0.480 e. The molecule has 0 fully saturated rings. The summed E-state index contributed by atoms with van der Waals surface area (Å²) in [6.45, 7) is 1.88. The molecule has 98 valence electrons. The molecule has 0 saturated carbocycles. The van der Waals surface area contributed by atoms with Gasteiger partial charge in [0.15, 0.2) is 0 Å². The second kappa shape index (κ2) is 6.58. The van der Waals surface area contributed by atoms with Crippen LogP contribution >= 0.6 is 0 Å². The van der Waals surface area contributed by atoms with E-state index in [1.165, 1.54) is 14.0 Å². The number of amides is 2. The number of hydrogen-bond acceptors (Lipinski definition) is 3. The minimum absolute atomic E-state index is 0.402. The van der Waals surface area contributed by atoms with Crippen molar-refractivity contribution in [1.29, 1.82) is 0 Å². The Kier molecular flexibility index (Phi) is 5.10. The van der Waals surface area contributed by atoms with Crippen molar-refractivity contribution in [3.63, 3.8) is 0 Å². The minimum atomic E-state index is -1.03. The van der Waals surface area contributed by atoms with Gasteiger partial charge in [0.05, 0.1) is 0 Å². The van der Waals surface area contributed by atoms with Gasteiger partial charge in [-0.3, -0.25) is 4.98 Å². The lowest BCUT2D eigenvalue weighted by Gasteiger charge is -2.21. The molecule has 18 heavy (non-hydrogen) atoms. The fourth-order valence-corrected chi connectivity index (χ4v) is 1.31. The molecule has 6 nitrogen and oxygen atoms in total. The highest BCUT2D eigenvalue weighted by Gasteiger charge is 2.20. The number of carbonyl (C=O) groups excluding carboxylic acids is 1. The van der Waals surface area contributed by atoms with Crippen LogP contribution in [0.15, 0.2) is 24.4 Å². The van der Waals surface area contributed by atoms with E-state index in [0.717, 1.165) is 10.6 Å². The molecule has 0 aromatic carbocycles. The third-order valence-electron chi connectivity index (χ3n) is 2.64. The molecule has 0 bridgehead atoms. The van der Waals surface area contributed by atoms with Gasteiger partial charge < -0.3 is 15.3 Å². The van der Waals surface area contributed by atoms with Crippen molar-refractivity contribution in [3.05, 3.63) is 30.1 Å². The first-order valence-corrected chi connectivity index (χ1v) is 5.65. The molecular weight excluding hydrogens is 234 g/mol. The molecule has 0 spiro atoms. The summed E-state index contributed by atoms with van der Waals surface area (Å²) in [4.78, 5) is 27.6. The fourth-order valence-electron chi connectivity index (χ4n) is 1.31. The quantitative estimate of drug-likeness (QED) is 0.808. The van der Waals surface area contributed by atoms with Crippen molar-refractivity contribution in [2.75, 3.05) is 13.6 Å². The molecule has 0 radical (unpaired) electrons. The highest BCUT2D eigenvalue weighted by atomic mass is 16.4. The van der Waals surface area contributed by atoms with Gasteiger partial charge in [0, 0.05) is 31.9 Å². The number of pyridine rings is 1. The molecule has 0 aliphatic heterocycles. The van der Waals surface area contributed by atoms with Crippen LogP contribution in [-0.2, 0) is 11.2 Å². The third-order valence-corrected chi connectivity index (χ3v) is 2.64. The molecule has 1 unspecified atom stereocenters. The van der Waals surface area contributed by atoms with E-state index in [9.17, 15) is 9.59 Å². The van der Waals surface area contributed by atoms with E-state index < -0.39 is 18.0 Å². The molecule has 1 aromatic heterocycles. The van der Waals surface area contributed by atoms with Crippen molar-refractivity contribution < 1.29 is 14.7 Å². The lowest BCUT2D eigenvalue weighted by Crippen LogP contribution is -2.46. The summed E-state index contributed by atoms with van der Waals surface area (Å²) in [7, 11) is 1.45. The van der Waals surface area contributed by atoms with Crippen LogP contribution in [0.5, 0.6) is 0 Å². The van der Waals surface area contributed by atoms with Crippen molar-refractivity contribution in [2.45, 2.75) is 19.4 Å². The standard InChI is InChI=1S/C12H17N3O3/c1-9(11(16)17)15(2)12(18)14-8-6-10-5-3-4-7-13-10/h3-5,7,9H,6,8H2,1-2H3,(H,14,18)(H,16,17). The van der Waals surface area contributed by atoms with Gasteiger partial charge in [0.25, 0.3) is 0 Å². The summed E-state index contributed by atoms with van der Waals surface area (Å²) >= 11 is 0. The van der Waals surface area contributed by atoms with E-state index in [1.807, 2.05) is 18.2 Å². The van der Waals surface area contributed by atoms with Gasteiger partial charge in [-0.15, -0.1) is 0 Å². The number of carboxylic acid groups (broad SMARTS) is 1. The highest BCUT2D eigenvalue weighted by Crippen LogP contribution is 1.97. The molecule has 6 heteroatoms. The summed E-state index contributed by atoms with van der Waals surface area (Å²) in [6.07, 6.45) is 2.30. The number of aromatic nitrogens is 1. The summed E-state index contributed by atoms with van der Waals surface area (Å²) in [5, 5.41) is 11.4. The topological polar surface area (TPSA) is 82.5 Å². The van der Waals surface area contributed by atoms with Crippen LogP contribution in [0, 0.1) is 0 Å². The monoisotopic (exact) mass is 251 g/mol. The van der Waals surface area contributed by atoms with Crippen molar-refractivity contribution >= 4 is 12.0 Å². The summed E-state index contributed by atoms with van der Waals surface area (Å²) in [5.41, 5.74) is 0.881. The number of carbonyl (C=O) groups is 2. The van der Waals surface area contributed by atoms with E-state index in [2.05, 4.69) is 10.3 Å². The molecule has 2 amide bonds. The van der Waals surface area contributed by atoms with Crippen LogP contribution in [0.4, 0.5) is 4.79 Å². The zero-order chi connectivity index (χ0) is 13.5. The van der Waals surface area contributed by atoms with Gasteiger partial charge in [-0.05, 0) is 19.1 Å². The van der Waals surface area contributed by atoms with Crippen LogP contribution in [0.25, 0.3) is 0 Å². The fraction of sp³-hybridized carbons (Fsp3) is 0.417. The average Bonchev–Trinajstić information content (AvgIpc) is 2.38. The summed E-state index contributed by atoms with van der Waals surface area (Å²) < 4.78 is 0. The first-order valence-electron chi connectivity index (χ1n) is 5.65. The second-order valence-electron chi connectivity index (χ2n) is 3.93. The molecular formula is C12H17N3O3. The highest BCUT2D eigenvalue weighted by molar-refractivity contribution is 5.82. The number of likely N-dealkylation sites (N-methyl/N-ethyl adjacent to an activating group) is 1. The number of urea groups is 1. The summed E-state index contributed by atoms with van der Waals surface area (Å²) in [6, 6.07) is 4.32. The van der Waals surface area contributed by atoms with Gasteiger partial charge >= 0.3 is 12.0 Å². The molecule has 0 saturated heterocycles. The van der Waals surface area contributed by atoms with Crippen LogP contribution in [0.1, 0.15) is 12.6 Å². The van der Waals surface area contributed by atoms with Crippen molar-refractivity contribution in [1.82, 2.24) is 15.2 Å². The Morgan fingerprint density at radius 1 is 1.50 bits per heavy atom. The molecule has 1 heterocycles. The number of nitrogens with zero attached hydrogens (tertiary/aromatic N) is 2. The van der Waals surface area contributed by atoms with Crippen LogP contribution in [0.3, 0.4) is 0 Å². The molecule has 0 aliphatic carbocycles. The van der Waals surface area contributed by atoms with Crippen LogP contribution < -0.4 is 5.32 Å². The predicted octanol–water partition coefficient (Wildman–Crippen LogP) is 0.739. The lowest BCUT2D eigenvalue weighted by molar-refractivity contribution is -0.141. The first kappa shape index (κ1) is 14.0. The maximum absolute atomic E-state index is 11.6. The van der Waals surface area contributed by atoms with Gasteiger partial charge in [0.1, 0.15) is 6.04 Å². The zero-order valence-corrected chi connectivity index (χ0v) is 10.5. The Bertz CT molecular complexity index is 408. The third kappa shape index (κ3) is 4.04. The Hall–Kier alpha value is -2.11. The maximum Gasteiger partial charge on any atom is 0.326 e. The number of rotatable bonds is 5. The van der Waals surface area contributed by atoms with Gasteiger partial charge in [0.2, 0.25) is 0 Å². The normalized spacial score (nSPS) is 11.7. The Labute approximate surface area is 106 Å². The number of nitrogens with one attached hydrogen (secondary N) is 1. The predicted molar refractivity (Wildman–Crippen MR) is 66.2 cm³/mol. The van der Waals surface area contributed by atoms with Gasteiger partial charge in [-0.25, -0.2) is 9.59 Å². The maximum atomic E-state index is 11.6. The smallest absolute Gasteiger partial charge is 0.326 e. The van der Waals surface area contributed by atoms with E-state index in [4.69, 9.17) is 5.11 Å². The van der Waals surface area contributed by atoms with Crippen molar-refractivity contribution in [2.24, 2.45) is 0 Å². The molecule has 1 aromatic rings. The second-order valence-corrected chi connectivity index (χ2v) is 3.93.